The molecule has 5 heteroatoms. The fourth-order valence-electron chi connectivity index (χ4n) is 4.78. The molecular weight excluding hydrogens is 312 g/mol. The van der Waals surface area contributed by atoms with Crippen LogP contribution in [0.1, 0.15) is 65.8 Å². The molecule has 2 atom stereocenters. The van der Waals surface area contributed by atoms with Crippen LogP contribution in [-0.2, 0) is 0 Å². The highest BCUT2D eigenvalue weighted by atomic mass is 16.1. The quantitative estimate of drug-likeness (QED) is 0.855. The van der Waals surface area contributed by atoms with Gasteiger partial charge in [-0.1, -0.05) is 18.9 Å². The van der Waals surface area contributed by atoms with Crippen LogP contribution in [0.2, 0.25) is 0 Å². The van der Waals surface area contributed by atoms with Gasteiger partial charge in [0.05, 0.1) is 36.3 Å². The van der Waals surface area contributed by atoms with Gasteiger partial charge in [0.25, 0.3) is 0 Å². The van der Waals surface area contributed by atoms with E-state index in [2.05, 4.69) is 16.2 Å². The predicted octanol–water partition coefficient (Wildman–Crippen LogP) is 3.90. The van der Waals surface area contributed by atoms with Gasteiger partial charge < -0.3 is 0 Å². The SMILES string of the molecule is N#CC[C@H](C1CCCC1)n1ncc2c1C(=O)C1C=Cc3nccc-2c31. The van der Waals surface area contributed by atoms with Gasteiger partial charge in [-0.25, -0.2) is 0 Å². The molecule has 1 fully saturated rings. The predicted molar refractivity (Wildman–Crippen MR) is 92.8 cm³/mol. The van der Waals surface area contributed by atoms with E-state index < -0.39 is 0 Å². The van der Waals surface area contributed by atoms with Gasteiger partial charge in [0.15, 0.2) is 5.78 Å². The first-order valence-corrected chi connectivity index (χ1v) is 8.95. The number of allylic oxidation sites excluding steroid dienone is 1. The highest BCUT2D eigenvalue weighted by Crippen LogP contribution is 2.46. The third kappa shape index (κ3) is 1.97. The van der Waals surface area contributed by atoms with Crippen LogP contribution in [0.3, 0.4) is 0 Å². The Labute approximate surface area is 146 Å². The number of Topliss-reactive ketones (excluding diaryl/α,β-unsaturated/α-hetero) is 1. The van der Waals surface area contributed by atoms with Gasteiger partial charge in [0.2, 0.25) is 0 Å². The topological polar surface area (TPSA) is 71.6 Å². The lowest BCUT2D eigenvalue weighted by Crippen LogP contribution is -2.26. The first-order valence-electron chi connectivity index (χ1n) is 8.95. The summed E-state index contributed by atoms with van der Waals surface area (Å²) >= 11 is 0. The van der Waals surface area contributed by atoms with Crippen LogP contribution in [-0.4, -0.2) is 20.5 Å². The lowest BCUT2D eigenvalue weighted by Gasteiger charge is -2.26. The summed E-state index contributed by atoms with van der Waals surface area (Å²) in [6, 6.07) is 4.28. The summed E-state index contributed by atoms with van der Waals surface area (Å²) in [4.78, 5) is 17.6. The van der Waals surface area contributed by atoms with Crippen molar-refractivity contribution in [3.05, 3.63) is 41.5 Å². The molecule has 0 bridgehead atoms. The third-order valence-corrected chi connectivity index (χ3v) is 5.94. The van der Waals surface area contributed by atoms with Crippen molar-refractivity contribution in [2.24, 2.45) is 5.92 Å². The number of nitrogens with zero attached hydrogens (tertiary/aromatic N) is 4. The van der Waals surface area contributed by atoms with E-state index in [0.29, 0.717) is 18.0 Å². The second-order valence-corrected chi connectivity index (χ2v) is 7.18. The zero-order valence-corrected chi connectivity index (χ0v) is 13.9. The van der Waals surface area contributed by atoms with Crippen LogP contribution < -0.4 is 0 Å². The molecule has 0 amide bonds. The monoisotopic (exact) mass is 330 g/mol. The Bertz CT molecular complexity index is 943. The molecule has 0 saturated heterocycles. The van der Waals surface area contributed by atoms with E-state index in [1.165, 1.54) is 12.8 Å². The zero-order chi connectivity index (χ0) is 17.0. The number of hydrogen-bond donors (Lipinski definition) is 0. The molecule has 2 heterocycles. The van der Waals surface area contributed by atoms with Crippen molar-refractivity contribution in [3.8, 4) is 17.2 Å². The molecule has 25 heavy (non-hydrogen) atoms. The summed E-state index contributed by atoms with van der Waals surface area (Å²) in [5, 5.41) is 13.9. The van der Waals surface area contributed by atoms with Gasteiger partial charge >= 0.3 is 0 Å². The number of carbonyl (C=O) groups excluding carboxylic acids is 1. The van der Waals surface area contributed by atoms with Crippen molar-refractivity contribution in [3.63, 3.8) is 0 Å². The van der Waals surface area contributed by atoms with Crippen molar-refractivity contribution in [1.82, 2.24) is 14.8 Å². The number of aromatic nitrogens is 3. The molecule has 0 N–H and O–H groups in total. The van der Waals surface area contributed by atoms with Gasteiger partial charge in [-0.15, -0.1) is 0 Å². The summed E-state index contributed by atoms with van der Waals surface area (Å²) in [6.45, 7) is 0. The lowest BCUT2D eigenvalue weighted by molar-refractivity contribution is 0.0959. The molecule has 2 aromatic rings. The second-order valence-electron chi connectivity index (χ2n) is 7.18. The molecule has 5 nitrogen and oxygen atoms in total. The van der Waals surface area contributed by atoms with Gasteiger partial charge in [-0.2, -0.15) is 10.4 Å². The largest absolute Gasteiger partial charge is 0.291 e. The molecule has 2 aromatic heterocycles. The van der Waals surface area contributed by atoms with E-state index in [9.17, 15) is 10.1 Å². The number of fused-ring (bicyclic) bond motifs is 2. The van der Waals surface area contributed by atoms with Crippen molar-refractivity contribution >= 4 is 11.9 Å². The summed E-state index contributed by atoms with van der Waals surface area (Å²) < 4.78 is 1.87. The van der Waals surface area contributed by atoms with E-state index in [1.807, 2.05) is 22.9 Å². The van der Waals surface area contributed by atoms with E-state index >= 15 is 0 Å². The van der Waals surface area contributed by atoms with Crippen LogP contribution in [0.4, 0.5) is 0 Å². The van der Waals surface area contributed by atoms with E-state index in [-0.39, 0.29) is 17.7 Å². The number of nitriles is 1. The standard InChI is InChI=1S/C20H18N4O/c21-9-7-17(12-3-1-2-4-12)24-19-15(11-23-24)13-8-10-22-16-6-5-14(18(13)16)20(19)25/h5-6,8,10-12,14,17H,1-4,7H2/t14?,17-/m1/s1. The van der Waals surface area contributed by atoms with Crippen molar-refractivity contribution in [1.29, 1.82) is 5.26 Å². The maximum atomic E-state index is 13.2. The maximum Gasteiger partial charge on any atom is 0.192 e. The number of rotatable bonds is 3. The average molecular weight is 330 g/mol. The molecule has 0 radical (unpaired) electrons. The van der Waals surface area contributed by atoms with Crippen LogP contribution in [0.5, 0.6) is 0 Å². The molecule has 0 aliphatic heterocycles. The Balaban J connectivity index is 1.68. The molecule has 5 rings (SSSR count). The minimum atomic E-state index is -0.257. The Kier molecular flexibility index (Phi) is 3.14. The summed E-state index contributed by atoms with van der Waals surface area (Å²) in [6.07, 6.45) is 12.5. The summed E-state index contributed by atoms with van der Waals surface area (Å²) in [5.41, 5.74) is 4.52. The van der Waals surface area contributed by atoms with Crippen molar-refractivity contribution < 1.29 is 4.79 Å². The Hall–Kier alpha value is -2.74. The minimum absolute atomic E-state index is 0.00607. The van der Waals surface area contributed by atoms with Gasteiger partial charge in [0, 0.05) is 17.3 Å². The van der Waals surface area contributed by atoms with Gasteiger partial charge in [-0.3, -0.25) is 14.5 Å². The fraction of sp³-hybridized carbons (Fsp3) is 0.400. The molecule has 0 aromatic carbocycles. The molecular formula is C20H18N4O. The van der Waals surface area contributed by atoms with E-state index in [1.54, 1.807) is 12.4 Å². The van der Waals surface area contributed by atoms with E-state index in [0.717, 1.165) is 35.2 Å². The smallest absolute Gasteiger partial charge is 0.192 e. The highest BCUT2D eigenvalue weighted by Gasteiger charge is 2.40. The second kappa shape index (κ2) is 5.38. The highest BCUT2D eigenvalue weighted by molar-refractivity contribution is 6.12. The van der Waals surface area contributed by atoms with Crippen LogP contribution >= 0.6 is 0 Å². The molecule has 1 unspecified atom stereocenters. The zero-order valence-electron chi connectivity index (χ0n) is 13.9. The minimum Gasteiger partial charge on any atom is -0.291 e. The summed E-state index contributed by atoms with van der Waals surface area (Å²) in [5.74, 6) is 0.266. The molecule has 3 aliphatic carbocycles. The lowest BCUT2D eigenvalue weighted by atomic mass is 9.82. The Morgan fingerprint density at radius 3 is 2.96 bits per heavy atom. The van der Waals surface area contributed by atoms with Crippen LogP contribution in [0, 0.1) is 17.2 Å². The van der Waals surface area contributed by atoms with Crippen molar-refractivity contribution in [2.45, 2.75) is 44.1 Å². The van der Waals surface area contributed by atoms with Gasteiger partial charge in [-0.05, 0) is 36.5 Å². The normalized spacial score (nSPS) is 21.9. The Morgan fingerprint density at radius 1 is 1.32 bits per heavy atom. The van der Waals surface area contributed by atoms with Crippen LogP contribution in [0.25, 0.3) is 17.2 Å². The number of pyridine rings is 1. The van der Waals surface area contributed by atoms with E-state index in [4.69, 9.17) is 0 Å². The molecule has 0 spiro atoms. The molecule has 3 aliphatic rings. The fourth-order valence-corrected chi connectivity index (χ4v) is 4.78. The first kappa shape index (κ1) is 14.6. The third-order valence-electron chi connectivity index (χ3n) is 5.94. The number of ketones is 1. The summed E-state index contributed by atoms with van der Waals surface area (Å²) in [7, 11) is 0. The number of hydrogen-bond acceptors (Lipinski definition) is 4. The average Bonchev–Trinajstić information content (AvgIpc) is 3.37. The first-order chi connectivity index (χ1) is 12.3. The molecule has 124 valence electrons. The van der Waals surface area contributed by atoms with Crippen molar-refractivity contribution in [2.75, 3.05) is 0 Å². The van der Waals surface area contributed by atoms with Gasteiger partial charge in [0.1, 0.15) is 5.69 Å². The number of carbonyl (C=O) groups is 1. The maximum absolute atomic E-state index is 13.2. The van der Waals surface area contributed by atoms with Crippen LogP contribution in [0.15, 0.2) is 24.5 Å². The molecule has 1 saturated carbocycles. The Morgan fingerprint density at radius 2 is 2.16 bits per heavy atom.